The normalized spacial score (nSPS) is 12.2. The van der Waals surface area contributed by atoms with Crippen molar-refractivity contribution in [1.29, 1.82) is 0 Å². The molecule has 0 aliphatic heterocycles. The van der Waals surface area contributed by atoms with Crippen molar-refractivity contribution in [1.82, 2.24) is 10.6 Å². The average molecular weight is 375 g/mol. The van der Waals surface area contributed by atoms with E-state index in [1.165, 1.54) is 0 Å². The van der Waals surface area contributed by atoms with Crippen molar-refractivity contribution in [3.05, 3.63) is 29.3 Å². The number of guanidine groups is 1. The van der Waals surface area contributed by atoms with Crippen molar-refractivity contribution in [2.75, 3.05) is 32.9 Å². The monoisotopic (exact) mass is 375 g/mol. The highest BCUT2D eigenvalue weighted by molar-refractivity contribution is 5.79. The summed E-state index contributed by atoms with van der Waals surface area (Å²) in [5.41, 5.74) is 1.92. The molecule has 0 aromatic heterocycles. The zero-order valence-electron chi connectivity index (χ0n) is 15.6. The third kappa shape index (κ3) is 9.50. The van der Waals surface area contributed by atoms with Crippen molar-refractivity contribution in [3.63, 3.8) is 0 Å². The van der Waals surface area contributed by atoms with Gasteiger partial charge in [0.05, 0.1) is 19.6 Å². The lowest BCUT2D eigenvalue weighted by Gasteiger charge is -2.14. The Hall–Kier alpha value is -1.96. The van der Waals surface area contributed by atoms with Crippen LogP contribution < -0.4 is 15.4 Å². The molecule has 0 fully saturated rings. The molecule has 0 spiro atoms. The van der Waals surface area contributed by atoms with Gasteiger partial charge in [0, 0.05) is 25.3 Å². The Kier molecular flexibility index (Phi) is 9.87. The first-order chi connectivity index (χ1) is 12.4. The van der Waals surface area contributed by atoms with Crippen LogP contribution in [0.1, 0.15) is 31.4 Å². The molecule has 1 aromatic carbocycles. The number of hydrogen-bond donors (Lipinski definition) is 2. The van der Waals surface area contributed by atoms with Gasteiger partial charge in [0.15, 0.2) is 5.96 Å². The van der Waals surface area contributed by atoms with Crippen molar-refractivity contribution in [2.45, 2.75) is 39.9 Å². The zero-order chi connectivity index (χ0) is 19.4. The Labute approximate surface area is 153 Å². The fourth-order valence-corrected chi connectivity index (χ4v) is 2.11. The molecule has 1 rings (SSSR count). The Bertz CT molecular complexity index is 563. The largest absolute Gasteiger partial charge is 0.491 e. The van der Waals surface area contributed by atoms with Gasteiger partial charge in [-0.05, 0) is 32.4 Å². The highest BCUT2D eigenvalue weighted by Gasteiger charge is 2.26. The maximum atomic E-state index is 12.3. The van der Waals surface area contributed by atoms with Gasteiger partial charge in [0.2, 0.25) is 0 Å². The predicted molar refractivity (Wildman–Crippen MR) is 96.7 cm³/mol. The topological polar surface area (TPSA) is 54.9 Å². The molecular weight excluding hydrogens is 347 g/mol. The molecular formula is C18H28F3N3O2. The van der Waals surface area contributed by atoms with Crippen LogP contribution in [0.2, 0.25) is 0 Å². The predicted octanol–water partition coefficient (Wildman–Crippen LogP) is 3.42. The molecule has 8 heteroatoms. The van der Waals surface area contributed by atoms with Gasteiger partial charge in [-0.3, -0.25) is 0 Å². The van der Waals surface area contributed by atoms with Crippen LogP contribution in [-0.2, 0) is 11.3 Å². The molecule has 0 unspecified atom stereocenters. The number of ether oxygens (including phenoxy) is 2. The molecule has 0 heterocycles. The summed E-state index contributed by atoms with van der Waals surface area (Å²) in [5.74, 6) is 1.05. The summed E-state index contributed by atoms with van der Waals surface area (Å²) in [4.78, 5) is 4.35. The van der Waals surface area contributed by atoms with Crippen LogP contribution in [0.4, 0.5) is 13.2 Å². The summed E-state index contributed by atoms with van der Waals surface area (Å²) in [5, 5.41) is 5.64. The fourth-order valence-electron chi connectivity index (χ4n) is 2.11. The van der Waals surface area contributed by atoms with Crippen LogP contribution in [0.3, 0.4) is 0 Å². The molecule has 26 heavy (non-hydrogen) atoms. The minimum atomic E-state index is -4.19. The highest BCUT2D eigenvalue weighted by Crippen LogP contribution is 2.21. The average Bonchev–Trinajstić information content (AvgIpc) is 2.56. The van der Waals surface area contributed by atoms with E-state index in [1.54, 1.807) is 0 Å². The van der Waals surface area contributed by atoms with Crippen LogP contribution in [0, 0.1) is 6.92 Å². The van der Waals surface area contributed by atoms with Gasteiger partial charge >= 0.3 is 6.18 Å². The van der Waals surface area contributed by atoms with Gasteiger partial charge in [-0.25, -0.2) is 4.99 Å². The Morgan fingerprint density at radius 3 is 2.58 bits per heavy atom. The number of benzene rings is 1. The number of nitrogens with one attached hydrogen (secondary N) is 2. The minimum absolute atomic E-state index is 0.221. The molecule has 0 saturated heterocycles. The quantitative estimate of drug-likeness (QED) is 0.374. The first kappa shape index (κ1) is 22.1. The zero-order valence-corrected chi connectivity index (χ0v) is 15.6. The van der Waals surface area contributed by atoms with Gasteiger partial charge in [-0.15, -0.1) is 0 Å². The third-order valence-corrected chi connectivity index (χ3v) is 3.36. The molecule has 0 atom stereocenters. The summed E-state index contributed by atoms with van der Waals surface area (Å²) in [7, 11) is 0. The van der Waals surface area contributed by atoms with Gasteiger partial charge < -0.3 is 20.1 Å². The molecule has 0 bridgehead atoms. The number of rotatable bonds is 10. The van der Waals surface area contributed by atoms with Crippen molar-refractivity contribution in [3.8, 4) is 5.75 Å². The SMILES string of the molecule is CCNC(=NCc1ccc(C)cc1OCCOCC)NCCC(F)(F)F. The highest BCUT2D eigenvalue weighted by atomic mass is 19.4. The summed E-state index contributed by atoms with van der Waals surface area (Å²) >= 11 is 0. The van der Waals surface area contributed by atoms with E-state index in [0.717, 1.165) is 11.1 Å². The van der Waals surface area contributed by atoms with Crippen molar-refractivity contribution < 1.29 is 22.6 Å². The maximum absolute atomic E-state index is 12.3. The van der Waals surface area contributed by atoms with E-state index in [2.05, 4.69) is 15.6 Å². The Morgan fingerprint density at radius 2 is 1.92 bits per heavy atom. The molecule has 5 nitrogen and oxygen atoms in total. The van der Waals surface area contributed by atoms with Crippen LogP contribution in [-0.4, -0.2) is 45.0 Å². The number of nitrogens with zero attached hydrogens (tertiary/aromatic N) is 1. The molecule has 2 N–H and O–H groups in total. The number of hydrogen-bond acceptors (Lipinski definition) is 3. The summed E-state index contributed by atoms with van der Waals surface area (Å²) in [6.07, 6.45) is -5.10. The van der Waals surface area contributed by atoms with Crippen LogP contribution in [0.5, 0.6) is 5.75 Å². The van der Waals surface area contributed by atoms with Crippen LogP contribution in [0.15, 0.2) is 23.2 Å². The first-order valence-electron chi connectivity index (χ1n) is 8.74. The van der Waals surface area contributed by atoms with Crippen molar-refractivity contribution in [2.24, 2.45) is 4.99 Å². The molecule has 1 aromatic rings. The van der Waals surface area contributed by atoms with E-state index in [4.69, 9.17) is 9.47 Å². The number of aryl methyl sites for hydroxylation is 1. The summed E-state index contributed by atoms with van der Waals surface area (Å²) in [6.45, 7) is 7.92. The van der Waals surface area contributed by atoms with Crippen LogP contribution in [0.25, 0.3) is 0 Å². The summed E-state index contributed by atoms with van der Waals surface area (Å²) in [6, 6.07) is 5.78. The summed E-state index contributed by atoms with van der Waals surface area (Å²) < 4.78 is 47.9. The van der Waals surface area contributed by atoms with Gasteiger partial charge in [-0.1, -0.05) is 12.1 Å². The number of halogens is 3. The first-order valence-corrected chi connectivity index (χ1v) is 8.74. The third-order valence-electron chi connectivity index (χ3n) is 3.36. The Balaban J connectivity index is 2.71. The standard InChI is InChI=1S/C18H28F3N3O2/c1-4-22-17(23-9-8-18(19,20)21)24-13-15-7-6-14(3)12-16(15)26-11-10-25-5-2/h6-7,12H,4-5,8-11,13H2,1-3H3,(H2,22,23,24). The second kappa shape index (κ2) is 11.6. The van der Waals surface area contributed by atoms with Gasteiger partial charge in [0.25, 0.3) is 0 Å². The second-order valence-corrected chi connectivity index (χ2v) is 5.64. The molecule has 0 saturated carbocycles. The smallest absolute Gasteiger partial charge is 0.390 e. The number of aliphatic imine (C=N–C) groups is 1. The molecule has 0 aliphatic rings. The lowest BCUT2D eigenvalue weighted by molar-refractivity contribution is -0.132. The van der Waals surface area contributed by atoms with E-state index in [9.17, 15) is 13.2 Å². The molecule has 0 aliphatic carbocycles. The minimum Gasteiger partial charge on any atom is -0.491 e. The molecule has 0 amide bonds. The fraction of sp³-hybridized carbons (Fsp3) is 0.611. The second-order valence-electron chi connectivity index (χ2n) is 5.64. The van der Waals surface area contributed by atoms with E-state index in [1.807, 2.05) is 39.0 Å². The lowest BCUT2D eigenvalue weighted by atomic mass is 10.1. The maximum Gasteiger partial charge on any atom is 0.390 e. The van der Waals surface area contributed by atoms with E-state index >= 15 is 0 Å². The van der Waals surface area contributed by atoms with Crippen molar-refractivity contribution >= 4 is 5.96 Å². The number of alkyl halides is 3. The molecule has 148 valence electrons. The van der Waals surface area contributed by atoms with E-state index in [-0.39, 0.29) is 6.54 Å². The Morgan fingerprint density at radius 1 is 1.15 bits per heavy atom. The van der Waals surface area contributed by atoms with E-state index < -0.39 is 12.6 Å². The lowest BCUT2D eigenvalue weighted by Crippen LogP contribution is -2.38. The van der Waals surface area contributed by atoms with Gasteiger partial charge in [0.1, 0.15) is 12.4 Å². The van der Waals surface area contributed by atoms with E-state index in [0.29, 0.717) is 44.6 Å². The van der Waals surface area contributed by atoms with Gasteiger partial charge in [-0.2, -0.15) is 13.2 Å². The van der Waals surface area contributed by atoms with Crippen LogP contribution >= 0.6 is 0 Å². The molecule has 0 radical (unpaired) electrons.